The molecule has 1 rings (SSSR count). The van der Waals surface area contributed by atoms with Gasteiger partial charge in [0.25, 0.3) is 0 Å². The van der Waals surface area contributed by atoms with Gasteiger partial charge in [0.1, 0.15) is 0 Å². The second-order valence-corrected chi connectivity index (χ2v) is 4.89. The first-order chi connectivity index (χ1) is 7.66. The first-order valence-corrected chi connectivity index (χ1v) is 6.59. The molecule has 0 unspecified atom stereocenters. The van der Waals surface area contributed by atoms with Gasteiger partial charge in [0.05, 0.1) is 0 Å². The number of aliphatic carboxylic acids is 1. The van der Waals surface area contributed by atoms with Crippen LogP contribution in [0.4, 0.5) is 0 Å². The Bertz CT molecular complexity index is 260. The molecule has 1 saturated carbocycles. The maximum atomic E-state index is 11.1. The highest BCUT2D eigenvalue weighted by Gasteiger charge is 2.21. The van der Waals surface area contributed by atoms with E-state index < -0.39 is 5.97 Å². The summed E-state index contributed by atoms with van der Waals surface area (Å²) in [6, 6.07) is 0. The number of allylic oxidation sites excluding steroid dienone is 1. The van der Waals surface area contributed by atoms with Crippen LogP contribution in [0.2, 0.25) is 0 Å². The van der Waals surface area contributed by atoms with Gasteiger partial charge in [-0.2, -0.15) is 0 Å². The minimum Gasteiger partial charge on any atom is -0.478 e. The number of carbonyl (C=O) groups is 1. The van der Waals surface area contributed by atoms with Gasteiger partial charge in [-0.15, -0.1) is 0 Å². The van der Waals surface area contributed by atoms with Crippen molar-refractivity contribution in [3.05, 3.63) is 11.1 Å². The monoisotopic (exact) mass is 224 g/mol. The molecular formula is C14H24O2. The number of rotatable bonds is 5. The highest BCUT2D eigenvalue weighted by molar-refractivity contribution is 5.86. The van der Waals surface area contributed by atoms with E-state index in [0.717, 1.165) is 19.3 Å². The number of hydrogen-bond acceptors (Lipinski definition) is 1. The predicted octanol–water partition coefficient (Wildman–Crippen LogP) is 4.16. The molecule has 1 fully saturated rings. The fraction of sp³-hybridized carbons (Fsp3) is 0.786. The van der Waals surface area contributed by atoms with E-state index >= 15 is 0 Å². The average molecular weight is 224 g/mol. The molecule has 92 valence electrons. The smallest absolute Gasteiger partial charge is 0.331 e. The van der Waals surface area contributed by atoms with Gasteiger partial charge in [-0.1, -0.05) is 38.2 Å². The second-order valence-electron chi connectivity index (χ2n) is 4.89. The van der Waals surface area contributed by atoms with E-state index in [-0.39, 0.29) is 0 Å². The van der Waals surface area contributed by atoms with Crippen molar-refractivity contribution in [2.75, 3.05) is 0 Å². The van der Waals surface area contributed by atoms with E-state index in [1.807, 2.05) is 0 Å². The Kier molecular flexibility index (Phi) is 5.58. The van der Waals surface area contributed by atoms with Gasteiger partial charge in [-0.3, -0.25) is 0 Å². The molecule has 0 aliphatic heterocycles. The molecule has 0 radical (unpaired) electrons. The molecule has 1 aliphatic rings. The summed E-state index contributed by atoms with van der Waals surface area (Å²) in [6.45, 7) is 3.94. The third-order valence-corrected chi connectivity index (χ3v) is 3.70. The molecule has 0 bridgehead atoms. The van der Waals surface area contributed by atoms with Crippen molar-refractivity contribution in [1.29, 1.82) is 0 Å². The van der Waals surface area contributed by atoms with Crippen LogP contribution < -0.4 is 0 Å². The van der Waals surface area contributed by atoms with Crippen LogP contribution in [-0.4, -0.2) is 11.1 Å². The maximum Gasteiger partial charge on any atom is 0.331 e. The van der Waals surface area contributed by atoms with Gasteiger partial charge in [-0.25, -0.2) is 4.79 Å². The molecule has 2 nitrogen and oxygen atoms in total. The number of carboxylic acid groups (broad SMARTS) is 1. The quantitative estimate of drug-likeness (QED) is 0.712. The summed E-state index contributed by atoms with van der Waals surface area (Å²) in [5.41, 5.74) is 1.84. The predicted molar refractivity (Wildman–Crippen MR) is 66.4 cm³/mol. The van der Waals surface area contributed by atoms with Gasteiger partial charge in [-0.05, 0) is 38.5 Å². The highest BCUT2D eigenvalue weighted by Crippen LogP contribution is 2.34. The van der Waals surface area contributed by atoms with Crippen molar-refractivity contribution < 1.29 is 9.90 Å². The molecule has 0 saturated heterocycles. The molecule has 16 heavy (non-hydrogen) atoms. The van der Waals surface area contributed by atoms with Gasteiger partial charge >= 0.3 is 5.97 Å². The standard InChI is InChI=1S/C14H24O2/c1-3-4-10-13(11(2)14(15)16)12-8-6-5-7-9-12/h12H,3-10H2,1-2H3,(H,15,16). The zero-order valence-electron chi connectivity index (χ0n) is 10.6. The minimum atomic E-state index is -0.725. The third-order valence-electron chi connectivity index (χ3n) is 3.70. The summed E-state index contributed by atoms with van der Waals surface area (Å²) in [7, 11) is 0. The summed E-state index contributed by atoms with van der Waals surface area (Å²) in [5.74, 6) is -0.173. The van der Waals surface area contributed by atoms with Crippen LogP contribution in [0.15, 0.2) is 11.1 Å². The summed E-state index contributed by atoms with van der Waals surface area (Å²) in [4.78, 5) is 11.1. The highest BCUT2D eigenvalue weighted by atomic mass is 16.4. The summed E-state index contributed by atoms with van der Waals surface area (Å²) >= 11 is 0. The van der Waals surface area contributed by atoms with Crippen molar-refractivity contribution in [2.24, 2.45) is 5.92 Å². The summed E-state index contributed by atoms with van der Waals surface area (Å²) in [5, 5.41) is 9.12. The van der Waals surface area contributed by atoms with Crippen molar-refractivity contribution in [2.45, 2.75) is 65.2 Å². The Morgan fingerprint density at radius 3 is 2.38 bits per heavy atom. The fourth-order valence-corrected chi connectivity index (χ4v) is 2.65. The van der Waals surface area contributed by atoms with Gasteiger partial charge in [0.2, 0.25) is 0 Å². The zero-order chi connectivity index (χ0) is 12.0. The van der Waals surface area contributed by atoms with E-state index in [1.54, 1.807) is 6.92 Å². The van der Waals surface area contributed by atoms with E-state index in [1.165, 1.54) is 37.7 Å². The zero-order valence-corrected chi connectivity index (χ0v) is 10.6. The van der Waals surface area contributed by atoms with E-state index in [9.17, 15) is 4.79 Å². The normalized spacial score (nSPS) is 19.4. The minimum absolute atomic E-state index is 0.552. The Balaban J connectivity index is 2.76. The van der Waals surface area contributed by atoms with Crippen LogP contribution in [0.25, 0.3) is 0 Å². The SMILES string of the molecule is CCCCC(=C(C)C(=O)O)C1CCCCC1. The molecule has 0 spiro atoms. The van der Waals surface area contributed by atoms with Crippen LogP contribution in [0, 0.1) is 5.92 Å². The lowest BCUT2D eigenvalue weighted by Crippen LogP contribution is -2.14. The summed E-state index contributed by atoms with van der Waals surface area (Å²) < 4.78 is 0. The van der Waals surface area contributed by atoms with Crippen LogP contribution in [0.3, 0.4) is 0 Å². The third kappa shape index (κ3) is 3.66. The van der Waals surface area contributed by atoms with Crippen molar-refractivity contribution in [3.8, 4) is 0 Å². The van der Waals surface area contributed by atoms with Crippen LogP contribution >= 0.6 is 0 Å². The number of unbranched alkanes of at least 4 members (excludes halogenated alkanes) is 1. The molecule has 0 aromatic rings. The topological polar surface area (TPSA) is 37.3 Å². The molecular weight excluding hydrogens is 200 g/mol. The molecule has 0 heterocycles. The Morgan fingerprint density at radius 1 is 1.25 bits per heavy atom. The van der Waals surface area contributed by atoms with Gasteiger partial charge < -0.3 is 5.11 Å². The lowest BCUT2D eigenvalue weighted by atomic mass is 9.80. The largest absolute Gasteiger partial charge is 0.478 e. The average Bonchev–Trinajstić information content (AvgIpc) is 2.30. The van der Waals surface area contributed by atoms with Crippen molar-refractivity contribution in [1.82, 2.24) is 0 Å². The molecule has 1 N–H and O–H groups in total. The van der Waals surface area contributed by atoms with E-state index in [4.69, 9.17) is 5.11 Å². The molecule has 0 amide bonds. The Hall–Kier alpha value is -0.790. The molecule has 0 aromatic carbocycles. The lowest BCUT2D eigenvalue weighted by molar-refractivity contribution is -0.132. The molecule has 0 aromatic heterocycles. The number of hydrogen-bond donors (Lipinski definition) is 1. The van der Waals surface area contributed by atoms with Gasteiger partial charge in [0.15, 0.2) is 0 Å². The van der Waals surface area contributed by atoms with Crippen LogP contribution in [0.1, 0.15) is 65.2 Å². The Morgan fingerprint density at radius 2 is 1.88 bits per heavy atom. The molecule has 1 aliphatic carbocycles. The van der Waals surface area contributed by atoms with Crippen molar-refractivity contribution in [3.63, 3.8) is 0 Å². The first kappa shape index (κ1) is 13.3. The van der Waals surface area contributed by atoms with Gasteiger partial charge in [0, 0.05) is 5.57 Å². The van der Waals surface area contributed by atoms with Crippen LogP contribution in [0.5, 0.6) is 0 Å². The number of carboxylic acids is 1. The fourth-order valence-electron chi connectivity index (χ4n) is 2.65. The second kappa shape index (κ2) is 6.72. The van der Waals surface area contributed by atoms with Crippen molar-refractivity contribution >= 4 is 5.97 Å². The summed E-state index contributed by atoms with van der Waals surface area (Å²) in [6.07, 6.45) is 9.51. The molecule has 0 atom stereocenters. The maximum absolute atomic E-state index is 11.1. The Labute approximate surface area is 98.7 Å². The van der Waals surface area contributed by atoms with E-state index in [0.29, 0.717) is 11.5 Å². The van der Waals surface area contributed by atoms with E-state index in [2.05, 4.69) is 6.92 Å². The lowest BCUT2D eigenvalue weighted by Gasteiger charge is -2.25. The molecule has 2 heteroatoms. The first-order valence-electron chi connectivity index (χ1n) is 6.59. The van der Waals surface area contributed by atoms with Crippen LogP contribution in [-0.2, 0) is 4.79 Å².